The first kappa shape index (κ1) is 116. The minimum absolute atomic E-state index is 0.137. The average molecular weight is 1690 g/mol. The number of carboxylic acid groups (broad SMARTS) is 2. The summed E-state index contributed by atoms with van der Waals surface area (Å²) in [5.41, 5.74) is 0.273. The lowest BCUT2D eigenvalue weighted by molar-refractivity contribution is -0.929. The maximum Gasteiger partial charge on any atom is 0.0786 e. The highest BCUT2D eigenvalue weighted by molar-refractivity contribution is 8.76. The second kappa shape index (κ2) is 94.1. The molecule has 0 atom stereocenters. The molecule has 694 valence electrons. The Kier molecular flexibility index (Phi) is 92.5. The Morgan fingerprint density at radius 2 is 0.280 bits per heavy atom. The first-order chi connectivity index (χ1) is 58.0. The number of nitrogens with zero attached hydrogens (tertiary/aromatic N) is 2. The van der Waals surface area contributed by atoms with Crippen molar-refractivity contribution in [2.45, 2.75) is 579 Å². The molecule has 0 unspecified atom stereocenters. The van der Waals surface area contributed by atoms with Crippen molar-refractivity contribution in [2.24, 2.45) is 0 Å². The van der Waals surface area contributed by atoms with Crippen molar-refractivity contribution < 1.29 is 28.8 Å². The zero-order valence-electron chi connectivity index (χ0n) is 81.2. The SMILES string of the molecule is CCCCCCCCCCCC[N+](CCCCCCCCCCCC)(CCCCCCCCCCCC)CCCCCCCCCCCC.CCCCCCCCCCCC[N+](CCCCCCCCCCCC)(CCCCCCCCCCCC)CCCCCCCCCCCC.O=C([O-])c1ccc(SSc2ccc(C(=O)[O-])cc2)cc1. The molecule has 8 heteroatoms. The molecule has 0 saturated carbocycles. The van der Waals surface area contributed by atoms with Crippen LogP contribution in [0, 0.1) is 0 Å². The molecule has 2 rings (SSSR count). The van der Waals surface area contributed by atoms with Crippen LogP contribution in [0.25, 0.3) is 0 Å². The van der Waals surface area contributed by atoms with E-state index in [9.17, 15) is 19.8 Å². The van der Waals surface area contributed by atoms with Crippen LogP contribution in [0.3, 0.4) is 0 Å². The van der Waals surface area contributed by atoms with Gasteiger partial charge in [0.2, 0.25) is 0 Å². The second-order valence-corrected chi connectivity index (χ2v) is 40.0. The van der Waals surface area contributed by atoms with Gasteiger partial charge in [-0.05, 0) is 138 Å². The predicted molar refractivity (Wildman–Crippen MR) is 527 cm³/mol. The fourth-order valence-corrected chi connectivity index (χ4v) is 20.1. The predicted octanol–water partition coefficient (Wildman–Crippen LogP) is 36.2. The molecule has 0 amide bonds. The normalized spacial score (nSPS) is 11.7. The van der Waals surface area contributed by atoms with Crippen LogP contribution in [0.5, 0.6) is 0 Å². The van der Waals surface area contributed by atoms with Crippen LogP contribution in [0.15, 0.2) is 58.3 Å². The number of hydrogen-bond donors (Lipinski definition) is 0. The van der Waals surface area contributed by atoms with Gasteiger partial charge in [0, 0.05) is 9.79 Å². The number of carbonyl (C=O) groups is 2. The Labute approximate surface area is 748 Å². The summed E-state index contributed by atoms with van der Waals surface area (Å²) in [6.45, 7) is 30.6. The summed E-state index contributed by atoms with van der Waals surface area (Å²) in [6, 6.07) is 12.7. The first-order valence-corrected chi connectivity index (χ1v) is 55.9. The highest BCUT2D eigenvalue weighted by Crippen LogP contribution is 2.37. The van der Waals surface area contributed by atoms with Crippen molar-refractivity contribution in [3.63, 3.8) is 0 Å². The number of quaternary nitrogens is 2. The zero-order chi connectivity index (χ0) is 85.8. The molecule has 0 N–H and O–H groups in total. The number of aromatic carboxylic acids is 2. The smallest absolute Gasteiger partial charge is 0.0786 e. The third-order valence-corrected chi connectivity index (χ3v) is 28.7. The van der Waals surface area contributed by atoms with Gasteiger partial charge in [0.25, 0.3) is 0 Å². The van der Waals surface area contributed by atoms with Crippen LogP contribution >= 0.6 is 21.6 Å². The monoisotopic (exact) mass is 1690 g/mol. The molecule has 0 aromatic heterocycles. The van der Waals surface area contributed by atoms with Gasteiger partial charge in [0.05, 0.1) is 64.3 Å². The summed E-state index contributed by atoms with van der Waals surface area (Å²) in [7, 11) is 2.90. The van der Waals surface area contributed by atoms with Crippen LogP contribution in [0.2, 0.25) is 0 Å². The van der Waals surface area contributed by atoms with E-state index in [0.717, 1.165) is 9.79 Å². The van der Waals surface area contributed by atoms with Crippen LogP contribution in [0.4, 0.5) is 0 Å². The number of benzene rings is 2. The van der Waals surface area contributed by atoms with Crippen molar-refractivity contribution in [3.8, 4) is 0 Å². The van der Waals surface area contributed by atoms with Gasteiger partial charge in [0.1, 0.15) is 0 Å². The van der Waals surface area contributed by atoms with Crippen molar-refractivity contribution in [3.05, 3.63) is 59.7 Å². The van der Waals surface area contributed by atoms with Gasteiger partial charge in [-0.2, -0.15) is 0 Å². The van der Waals surface area contributed by atoms with Gasteiger partial charge in [-0.3, -0.25) is 0 Å². The Hall–Kier alpha value is -2.00. The molecular formula is C110H208N2O4S2. The summed E-state index contributed by atoms with van der Waals surface area (Å²) in [4.78, 5) is 23.0. The summed E-state index contributed by atoms with van der Waals surface area (Å²) in [5, 5.41) is 21.2. The fourth-order valence-electron chi connectivity index (χ4n) is 18.2. The molecule has 0 bridgehead atoms. The molecule has 0 radical (unpaired) electrons. The average Bonchev–Trinajstić information content (AvgIpc) is 0.888. The largest absolute Gasteiger partial charge is 0.545 e. The molecule has 2 aromatic carbocycles. The fraction of sp³-hybridized carbons (Fsp3) is 0.873. The van der Waals surface area contributed by atoms with Gasteiger partial charge in [-0.15, -0.1) is 0 Å². The molecule has 0 heterocycles. The summed E-state index contributed by atoms with van der Waals surface area (Å²) < 4.78 is 2.98. The van der Waals surface area contributed by atoms with Gasteiger partial charge in [-0.1, -0.05) is 512 Å². The molecule has 6 nitrogen and oxygen atoms in total. The molecule has 0 fully saturated rings. The van der Waals surface area contributed by atoms with E-state index in [1.54, 1.807) is 24.3 Å². The maximum atomic E-state index is 10.6. The van der Waals surface area contributed by atoms with E-state index in [2.05, 4.69) is 55.4 Å². The van der Waals surface area contributed by atoms with E-state index < -0.39 is 11.9 Å². The zero-order valence-corrected chi connectivity index (χ0v) is 82.8. The molecular weight excluding hydrogens is 1480 g/mol. The molecule has 0 spiro atoms. The lowest BCUT2D eigenvalue weighted by Crippen LogP contribution is -2.50. The highest BCUT2D eigenvalue weighted by atomic mass is 33.1. The minimum atomic E-state index is -1.20. The van der Waals surface area contributed by atoms with Crippen molar-refractivity contribution in [1.29, 1.82) is 0 Å². The first-order valence-electron chi connectivity index (χ1n) is 53.7. The third kappa shape index (κ3) is 79.9. The Morgan fingerprint density at radius 1 is 0.178 bits per heavy atom. The molecule has 2 aromatic rings. The van der Waals surface area contributed by atoms with E-state index in [1.807, 2.05) is 0 Å². The molecule has 0 aliphatic carbocycles. The maximum absolute atomic E-state index is 10.6. The Balaban J connectivity index is 0.00000188. The van der Waals surface area contributed by atoms with Crippen molar-refractivity contribution in [1.82, 2.24) is 0 Å². The minimum Gasteiger partial charge on any atom is -0.545 e. The number of hydrogen-bond acceptors (Lipinski definition) is 6. The quantitative estimate of drug-likeness (QED) is 0.0373. The highest BCUT2D eigenvalue weighted by Gasteiger charge is 2.28. The van der Waals surface area contributed by atoms with Gasteiger partial charge in [0.15, 0.2) is 0 Å². The molecule has 0 aliphatic heterocycles. The summed E-state index contributed by atoms with van der Waals surface area (Å²) >= 11 is 0. The van der Waals surface area contributed by atoms with Crippen LogP contribution in [-0.2, 0) is 0 Å². The van der Waals surface area contributed by atoms with E-state index in [0.29, 0.717) is 0 Å². The number of carbonyl (C=O) groups excluding carboxylic acids is 2. The Morgan fingerprint density at radius 3 is 0.381 bits per heavy atom. The Bertz CT molecular complexity index is 1910. The van der Waals surface area contributed by atoms with Crippen molar-refractivity contribution in [2.75, 3.05) is 52.4 Å². The molecule has 0 aliphatic rings. The number of rotatable bonds is 93. The lowest BCUT2D eigenvalue weighted by atomic mass is 10.0. The standard InChI is InChI=1S/2C48H100N.C14H10O4S2/c2*1-5-9-13-17-21-25-29-33-37-41-45-49(46-42-38-34-30-26-22-18-14-10-6-2,47-43-39-35-31-27-23-19-15-11-7-3)48-44-40-36-32-28-24-20-16-12-8-4;15-13(16)9-1-5-11(6-2-9)19-20-12-7-3-10(4-8-12)14(17)18/h2*5-48H2,1-4H3;1-8H,(H,15,16)(H,17,18)/q2*+1;/p-2. The third-order valence-electron chi connectivity index (χ3n) is 26.3. The topological polar surface area (TPSA) is 80.3 Å². The lowest BCUT2D eigenvalue weighted by Gasteiger charge is -2.40. The van der Waals surface area contributed by atoms with E-state index in [-0.39, 0.29) is 11.1 Å². The van der Waals surface area contributed by atoms with Gasteiger partial charge in [-0.25, -0.2) is 0 Å². The number of carboxylic acids is 2. The summed E-state index contributed by atoms with van der Waals surface area (Å²) in [5.74, 6) is -2.40. The van der Waals surface area contributed by atoms with E-state index in [1.165, 1.54) is 621 Å². The van der Waals surface area contributed by atoms with Crippen LogP contribution in [-0.4, -0.2) is 73.3 Å². The van der Waals surface area contributed by atoms with E-state index >= 15 is 0 Å². The van der Waals surface area contributed by atoms with Gasteiger partial charge < -0.3 is 28.8 Å². The van der Waals surface area contributed by atoms with Crippen LogP contribution in [0.1, 0.15) is 590 Å². The number of unbranched alkanes of at least 4 members (excludes halogenated alkanes) is 72. The second-order valence-electron chi connectivity index (χ2n) is 37.7. The molecule has 0 saturated heterocycles. The van der Waals surface area contributed by atoms with Crippen molar-refractivity contribution >= 4 is 33.5 Å². The van der Waals surface area contributed by atoms with Gasteiger partial charge >= 0.3 is 0 Å². The molecule has 118 heavy (non-hydrogen) atoms. The van der Waals surface area contributed by atoms with Crippen LogP contribution < -0.4 is 10.2 Å². The summed E-state index contributed by atoms with van der Waals surface area (Å²) in [6.07, 6.45) is 117. The van der Waals surface area contributed by atoms with E-state index in [4.69, 9.17) is 0 Å².